The third-order valence-corrected chi connectivity index (χ3v) is 2.67. The number of nitrogens with zero attached hydrogens (tertiary/aromatic N) is 1. The van der Waals surface area contributed by atoms with Crippen molar-refractivity contribution in [2.75, 3.05) is 26.9 Å². The molecule has 2 rings (SSSR count). The maximum absolute atomic E-state index is 5.71. The molecule has 0 N–H and O–H groups in total. The molecule has 1 aliphatic rings. The van der Waals surface area contributed by atoms with Crippen molar-refractivity contribution < 1.29 is 9.47 Å². The summed E-state index contributed by atoms with van der Waals surface area (Å²) in [5.74, 6) is 1.63. The predicted octanol–water partition coefficient (Wildman–Crippen LogP) is 2.13. The molecular formula is C12H17NO2. The van der Waals surface area contributed by atoms with E-state index in [1.54, 1.807) is 7.11 Å². The predicted molar refractivity (Wildman–Crippen MR) is 59.3 cm³/mol. The lowest BCUT2D eigenvalue weighted by Crippen LogP contribution is -2.24. The van der Waals surface area contributed by atoms with E-state index in [0.717, 1.165) is 24.6 Å². The largest absolute Gasteiger partial charge is 0.493 e. The van der Waals surface area contributed by atoms with Crippen molar-refractivity contribution in [2.45, 2.75) is 12.8 Å². The number of ether oxygens (including phenoxy) is 2. The Morgan fingerprint density at radius 3 is 2.47 bits per heavy atom. The molecule has 1 heterocycles. The average Bonchev–Trinajstić information content (AvgIpc) is 2.79. The van der Waals surface area contributed by atoms with Gasteiger partial charge >= 0.3 is 0 Å². The molecule has 1 aromatic rings. The molecule has 0 radical (unpaired) electrons. The molecule has 3 nitrogen and oxygen atoms in total. The van der Waals surface area contributed by atoms with Crippen molar-refractivity contribution in [2.24, 2.45) is 0 Å². The van der Waals surface area contributed by atoms with Crippen LogP contribution in [0.15, 0.2) is 24.3 Å². The molecule has 0 aliphatic carbocycles. The summed E-state index contributed by atoms with van der Waals surface area (Å²) in [4.78, 5) is 2.31. The summed E-state index contributed by atoms with van der Waals surface area (Å²) < 4.78 is 10.9. The Morgan fingerprint density at radius 1 is 1.13 bits per heavy atom. The number of para-hydroxylation sites is 2. The first-order chi connectivity index (χ1) is 7.40. The zero-order chi connectivity index (χ0) is 10.5. The molecule has 0 bridgehead atoms. The normalized spacial score (nSPS) is 16.6. The molecule has 0 atom stereocenters. The Bertz CT molecular complexity index is 308. The Hall–Kier alpha value is -1.22. The van der Waals surface area contributed by atoms with Crippen molar-refractivity contribution in [3.8, 4) is 11.5 Å². The quantitative estimate of drug-likeness (QED) is 0.755. The Balaban J connectivity index is 1.91. The van der Waals surface area contributed by atoms with Crippen molar-refractivity contribution >= 4 is 0 Å². The molecule has 1 saturated heterocycles. The molecule has 3 heteroatoms. The topological polar surface area (TPSA) is 21.7 Å². The average molecular weight is 207 g/mol. The molecule has 1 aromatic carbocycles. The Morgan fingerprint density at radius 2 is 1.80 bits per heavy atom. The second kappa shape index (κ2) is 5.03. The van der Waals surface area contributed by atoms with Crippen molar-refractivity contribution in [1.29, 1.82) is 0 Å². The highest BCUT2D eigenvalue weighted by molar-refractivity contribution is 5.39. The highest BCUT2D eigenvalue weighted by Gasteiger charge is 2.12. The molecule has 1 fully saturated rings. The van der Waals surface area contributed by atoms with Crippen LogP contribution in [0.3, 0.4) is 0 Å². The van der Waals surface area contributed by atoms with Gasteiger partial charge in [-0.3, -0.25) is 4.90 Å². The van der Waals surface area contributed by atoms with Crippen LogP contribution in [0.1, 0.15) is 12.8 Å². The molecule has 0 amide bonds. The molecule has 15 heavy (non-hydrogen) atoms. The van der Waals surface area contributed by atoms with Crippen LogP contribution in [0.2, 0.25) is 0 Å². The van der Waals surface area contributed by atoms with Gasteiger partial charge in [0.25, 0.3) is 0 Å². The fourth-order valence-electron chi connectivity index (χ4n) is 1.81. The molecule has 82 valence electrons. The Labute approximate surface area is 90.6 Å². The van der Waals surface area contributed by atoms with E-state index in [2.05, 4.69) is 4.90 Å². The number of rotatable bonds is 4. The van der Waals surface area contributed by atoms with E-state index in [0.29, 0.717) is 6.73 Å². The van der Waals surface area contributed by atoms with Crippen LogP contribution < -0.4 is 9.47 Å². The zero-order valence-corrected chi connectivity index (χ0v) is 9.11. The van der Waals surface area contributed by atoms with Crippen molar-refractivity contribution in [3.63, 3.8) is 0 Å². The fourth-order valence-corrected chi connectivity index (χ4v) is 1.81. The van der Waals surface area contributed by atoms with Gasteiger partial charge in [-0.05, 0) is 25.0 Å². The SMILES string of the molecule is COc1ccccc1OCN1CCCC1. The number of methoxy groups -OCH3 is 1. The summed E-state index contributed by atoms with van der Waals surface area (Å²) in [6.07, 6.45) is 2.57. The van der Waals surface area contributed by atoms with E-state index in [1.165, 1.54) is 12.8 Å². The van der Waals surface area contributed by atoms with Gasteiger partial charge in [0.15, 0.2) is 11.5 Å². The molecule has 0 unspecified atom stereocenters. The lowest BCUT2D eigenvalue weighted by Gasteiger charge is -2.16. The first-order valence-corrected chi connectivity index (χ1v) is 5.38. The Kier molecular flexibility index (Phi) is 3.45. The third-order valence-electron chi connectivity index (χ3n) is 2.67. The summed E-state index contributed by atoms with van der Waals surface area (Å²) in [5.41, 5.74) is 0. The van der Waals surface area contributed by atoms with Crippen molar-refractivity contribution in [3.05, 3.63) is 24.3 Å². The van der Waals surface area contributed by atoms with Crippen molar-refractivity contribution in [1.82, 2.24) is 4.90 Å². The van der Waals surface area contributed by atoms with Crippen LogP contribution in [-0.2, 0) is 0 Å². The molecular weight excluding hydrogens is 190 g/mol. The van der Waals surface area contributed by atoms with Gasteiger partial charge in [0, 0.05) is 13.1 Å². The van der Waals surface area contributed by atoms with E-state index < -0.39 is 0 Å². The molecule has 1 aliphatic heterocycles. The summed E-state index contributed by atoms with van der Waals surface area (Å²) in [6.45, 7) is 2.96. The number of hydrogen-bond acceptors (Lipinski definition) is 3. The van der Waals surface area contributed by atoms with E-state index in [-0.39, 0.29) is 0 Å². The van der Waals surface area contributed by atoms with Gasteiger partial charge in [-0.25, -0.2) is 0 Å². The summed E-state index contributed by atoms with van der Waals surface area (Å²) in [5, 5.41) is 0. The van der Waals surface area contributed by atoms with E-state index in [9.17, 15) is 0 Å². The number of benzene rings is 1. The van der Waals surface area contributed by atoms with Gasteiger partial charge in [-0.15, -0.1) is 0 Å². The van der Waals surface area contributed by atoms with Gasteiger partial charge in [0.1, 0.15) is 6.73 Å². The second-order valence-electron chi connectivity index (χ2n) is 3.75. The van der Waals surface area contributed by atoms with Gasteiger partial charge in [-0.2, -0.15) is 0 Å². The number of hydrogen-bond donors (Lipinski definition) is 0. The lowest BCUT2D eigenvalue weighted by molar-refractivity contribution is 0.148. The minimum absolute atomic E-state index is 0.667. The maximum atomic E-state index is 5.71. The minimum atomic E-state index is 0.667. The molecule has 0 aromatic heterocycles. The van der Waals surface area contributed by atoms with Gasteiger partial charge < -0.3 is 9.47 Å². The molecule has 0 saturated carbocycles. The fraction of sp³-hybridized carbons (Fsp3) is 0.500. The van der Waals surface area contributed by atoms with E-state index in [1.807, 2.05) is 24.3 Å². The van der Waals surface area contributed by atoms with Crippen LogP contribution in [0.25, 0.3) is 0 Å². The van der Waals surface area contributed by atoms with Gasteiger partial charge in [0.2, 0.25) is 0 Å². The van der Waals surface area contributed by atoms with E-state index in [4.69, 9.17) is 9.47 Å². The van der Waals surface area contributed by atoms with Crippen LogP contribution in [-0.4, -0.2) is 31.8 Å². The third kappa shape index (κ3) is 2.63. The standard InChI is InChI=1S/C12H17NO2/c1-14-11-6-2-3-7-12(11)15-10-13-8-4-5-9-13/h2-3,6-7H,4-5,8-10H2,1H3. The summed E-state index contributed by atoms with van der Waals surface area (Å²) >= 11 is 0. The molecule has 0 spiro atoms. The monoisotopic (exact) mass is 207 g/mol. The van der Waals surface area contributed by atoms with Gasteiger partial charge in [0.05, 0.1) is 7.11 Å². The first kappa shape index (κ1) is 10.3. The zero-order valence-electron chi connectivity index (χ0n) is 9.11. The summed E-state index contributed by atoms with van der Waals surface area (Å²) in [6, 6.07) is 7.76. The van der Waals surface area contributed by atoms with E-state index >= 15 is 0 Å². The first-order valence-electron chi connectivity index (χ1n) is 5.38. The minimum Gasteiger partial charge on any atom is -0.493 e. The highest BCUT2D eigenvalue weighted by atomic mass is 16.5. The van der Waals surface area contributed by atoms with Crippen LogP contribution >= 0.6 is 0 Å². The van der Waals surface area contributed by atoms with Crippen LogP contribution in [0.4, 0.5) is 0 Å². The van der Waals surface area contributed by atoms with Crippen LogP contribution in [0.5, 0.6) is 11.5 Å². The summed E-state index contributed by atoms with van der Waals surface area (Å²) in [7, 11) is 1.66. The lowest BCUT2D eigenvalue weighted by atomic mass is 10.3. The van der Waals surface area contributed by atoms with Gasteiger partial charge in [-0.1, -0.05) is 12.1 Å². The van der Waals surface area contributed by atoms with Crippen LogP contribution in [0, 0.1) is 0 Å². The maximum Gasteiger partial charge on any atom is 0.163 e. The number of likely N-dealkylation sites (tertiary alicyclic amines) is 1. The highest BCUT2D eigenvalue weighted by Crippen LogP contribution is 2.26. The smallest absolute Gasteiger partial charge is 0.163 e. The second-order valence-corrected chi connectivity index (χ2v) is 3.75.